The van der Waals surface area contributed by atoms with Crippen molar-refractivity contribution in [1.29, 1.82) is 0 Å². The van der Waals surface area contributed by atoms with Gasteiger partial charge in [0.15, 0.2) is 0 Å². The Labute approximate surface area is 72.1 Å². The quantitative estimate of drug-likeness (QED) is 0.640. The summed E-state index contributed by atoms with van der Waals surface area (Å²) in [6.07, 6.45) is 1.35. The molecule has 0 aliphatic heterocycles. The summed E-state index contributed by atoms with van der Waals surface area (Å²) in [6.45, 7) is 0. The summed E-state index contributed by atoms with van der Waals surface area (Å²) in [5.41, 5.74) is 0. The van der Waals surface area contributed by atoms with Gasteiger partial charge in [-0.05, 0) is 15.9 Å². The smallest absolute Gasteiger partial charge is 0.329 e. The van der Waals surface area contributed by atoms with Crippen LogP contribution in [0.4, 0.5) is 4.79 Å². The Balaban J connectivity index is 2.85. The van der Waals surface area contributed by atoms with Crippen molar-refractivity contribution in [2.45, 2.75) is 0 Å². The van der Waals surface area contributed by atoms with Crippen molar-refractivity contribution in [2.75, 3.05) is 14.1 Å². The van der Waals surface area contributed by atoms with Crippen LogP contribution in [0.2, 0.25) is 0 Å². The Morgan fingerprint density at radius 3 is 2.73 bits per heavy atom. The number of rotatable bonds is 0. The molecule has 0 radical (unpaired) electrons. The van der Waals surface area contributed by atoms with Gasteiger partial charge in [0.05, 0.1) is 0 Å². The minimum Gasteiger partial charge on any atom is -0.329 e. The predicted molar refractivity (Wildman–Crippen MR) is 42.2 cm³/mol. The van der Waals surface area contributed by atoms with Crippen molar-refractivity contribution in [3.05, 3.63) is 11.1 Å². The minimum atomic E-state index is -0.219. The first kappa shape index (κ1) is 8.19. The normalized spacial score (nSPS) is 9.73. The molecule has 6 heteroatoms. The molecular formula is C5H7BrN4O. The SMILES string of the molecule is CN(C)C(=O)n1cnc(Br)n1. The molecule has 11 heavy (non-hydrogen) atoms. The van der Waals surface area contributed by atoms with Crippen molar-refractivity contribution in [2.24, 2.45) is 0 Å². The maximum Gasteiger partial charge on any atom is 0.345 e. The van der Waals surface area contributed by atoms with E-state index in [0.29, 0.717) is 4.73 Å². The lowest BCUT2D eigenvalue weighted by molar-refractivity contribution is 0.215. The number of carbonyl (C=O) groups excluding carboxylic acids is 1. The minimum absolute atomic E-state index is 0.219. The highest BCUT2D eigenvalue weighted by molar-refractivity contribution is 9.10. The van der Waals surface area contributed by atoms with Crippen LogP contribution in [0.1, 0.15) is 0 Å². The van der Waals surface area contributed by atoms with Crippen LogP contribution in [0.3, 0.4) is 0 Å². The van der Waals surface area contributed by atoms with Crippen molar-refractivity contribution >= 4 is 22.0 Å². The largest absolute Gasteiger partial charge is 0.345 e. The molecule has 0 bridgehead atoms. The second-order valence-electron chi connectivity index (χ2n) is 2.14. The summed E-state index contributed by atoms with van der Waals surface area (Å²) >= 11 is 3.04. The van der Waals surface area contributed by atoms with Gasteiger partial charge >= 0.3 is 6.03 Å². The maximum absolute atomic E-state index is 11.1. The molecule has 0 spiro atoms. The van der Waals surface area contributed by atoms with E-state index in [-0.39, 0.29) is 6.03 Å². The van der Waals surface area contributed by atoms with Gasteiger partial charge in [0.25, 0.3) is 0 Å². The molecule has 0 saturated heterocycles. The summed E-state index contributed by atoms with van der Waals surface area (Å²) in [4.78, 5) is 16.3. The summed E-state index contributed by atoms with van der Waals surface area (Å²) in [5.74, 6) is 0. The third kappa shape index (κ3) is 1.76. The van der Waals surface area contributed by atoms with E-state index in [0.717, 1.165) is 4.68 Å². The van der Waals surface area contributed by atoms with Crippen LogP contribution in [0.25, 0.3) is 0 Å². The van der Waals surface area contributed by atoms with Gasteiger partial charge in [-0.1, -0.05) is 0 Å². The zero-order valence-electron chi connectivity index (χ0n) is 6.15. The molecule has 0 aromatic carbocycles. The van der Waals surface area contributed by atoms with E-state index in [2.05, 4.69) is 26.0 Å². The fourth-order valence-corrected chi connectivity index (χ4v) is 0.802. The van der Waals surface area contributed by atoms with Crippen molar-refractivity contribution < 1.29 is 4.79 Å². The second kappa shape index (κ2) is 3.00. The first-order valence-electron chi connectivity index (χ1n) is 2.90. The van der Waals surface area contributed by atoms with Gasteiger partial charge in [-0.3, -0.25) is 0 Å². The molecule has 0 saturated carbocycles. The van der Waals surface area contributed by atoms with E-state index in [1.807, 2.05) is 0 Å². The van der Waals surface area contributed by atoms with Gasteiger partial charge in [-0.25, -0.2) is 9.78 Å². The number of amides is 1. The fourth-order valence-electron chi connectivity index (χ4n) is 0.540. The second-order valence-corrected chi connectivity index (χ2v) is 2.84. The number of aromatic nitrogens is 3. The monoisotopic (exact) mass is 218 g/mol. The molecule has 5 nitrogen and oxygen atoms in total. The maximum atomic E-state index is 11.1. The number of carbonyl (C=O) groups is 1. The summed E-state index contributed by atoms with van der Waals surface area (Å²) in [6, 6.07) is -0.219. The first-order chi connectivity index (χ1) is 5.11. The summed E-state index contributed by atoms with van der Waals surface area (Å²) < 4.78 is 1.57. The number of hydrogen-bond donors (Lipinski definition) is 0. The molecule has 0 unspecified atom stereocenters. The third-order valence-corrected chi connectivity index (χ3v) is 1.41. The highest BCUT2D eigenvalue weighted by atomic mass is 79.9. The first-order valence-corrected chi connectivity index (χ1v) is 3.69. The van der Waals surface area contributed by atoms with Crippen molar-refractivity contribution in [3.63, 3.8) is 0 Å². The van der Waals surface area contributed by atoms with Crippen LogP contribution < -0.4 is 0 Å². The van der Waals surface area contributed by atoms with Gasteiger partial charge in [0.2, 0.25) is 4.73 Å². The average Bonchev–Trinajstić information content (AvgIpc) is 2.34. The van der Waals surface area contributed by atoms with E-state index < -0.39 is 0 Å². The van der Waals surface area contributed by atoms with Crippen LogP contribution in [0, 0.1) is 0 Å². The lowest BCUT2D eigenvalue weighted by Crippen LogP contribution is -2.27. The summed E-state index contributed by atoms with van der Waals surface area (Å²) in [7, 11) is 3.30. The molecular weight excluding hydrogens is 212 g/mol. The van der Waals surface area contributed by atoms with E-state index in [1.54, 1.807) is 14.1 Å². The molecule has 60 valence electrons. The lowest BCUT2D eigenvalue weighted by atomic mass is 10.8. The molecule has 0 atom stereocenters. The average molecular weight is 219 g/mol. The van der Waals surface area contributed by atoms with Crippen molar-refractivity contribution in [1.82, 2.24) is 19.7 Å². The van der Waals surface area contributed by atoms with Crippen LogP contribution in [-0.2, 0) is 0 Å². The molecule has 1 rings (SSSR count). The highest BCUT2D eigenvalue weighted by Crippen LogP contribution is 1.98. The predicted octanol–water partition coefficient (Wildman–Crippen LogP) is 0.570. The fraction of sp³-hybridized carbons (Fsp3) is 0.400. The van der Waals surface area contributed by atoms with Crippen LogP contribution >= 0.6 is 15.9 Å². The zero-order chi connectivity index (χ0) is 8.43. The lowest BCUT2D eigenvalue weighted by Gasteiger charge is -2.07. The topological polar surface area (TPSA) is 51.0 Å². The number of hydrogen-bond acceptors (Lipinski definition) is 3. The van der Waals surface area contributed by atoms with E-state index >= 15 is 0 Å². The molecule has 1 aromatic rings. The number of halogens is 1. The Bertz CT molecular complexity index is 269. The molecule has 0 aliphatic carbocycles. The van der Waals surface area contributed by atoms with Crippen molar-refractivity contribution in [3.8, 4) is 0 Å². The van der Waals surface area contributed by atoms with E-state index in [1.165, 1.54) is 11.2 Å². The molecule has 0 N–H and O–H groups in total. The zero-order valence-corrected chi connectivity index (χ0v) is 7.74. The Hall–Kier alpha value is -0.910. The Kier molecular flexibility index (Phi) is 2.23. The molecule has 0 fully saturated rings. The standard InChI is InChI=1S/C5H7BrN4O/c1-9(2)5(11)10-3-7-4(6)8-10/h3H,1-2H3. The molecule has 1 heterocycles. The van der Waals surface area contributed by atoms with Crippen LogP contribution in [-0.4, -0.2) is 39.8 Å². The Morgan fingerprint density at radius 1 is 1.73 bits per heavy atom. The van der Waals surface area contributed by atoms with Crippen LogP contribution in [0.5, 0.6) is 0 Å². The third-order valence-electron chi connectivity index (χ3n) is 1.04. The Morgan fingerprint density at radius 2 is 2.36 bits per heavy atom. The highest BCUT2D eigenvalue weighted by Gasteiger charge is 2.07. The van der Waals surface area contributed by atoms with E-state index in [9.17, 15) is 4.79 Å². The van der Waals surface area contributed by atoms with Gasteiger partial charge in [0, 0.05) is 14.1 Å². The van der Waals surface area contributed by atoms with Gasteiger partial charge in [-0.15, -0.1) is 5.10 Å². The van der Waals surface area contributed by atoms with Gasteiger partial charge < -0.3 is 4.90 Å². The van der Waals surface area contributed by atoms with Gasteiger partial charge in [0.1, 0.15) is 6.33 Å². The number of nitrogens with zero attached hydrogens (tertiary/aromatic N) is 4. The summed E-state index contributed by atoms with van der Waals surface area (Å²) in [5, 5.41) is 3.76. The van der Waals surface area contributed by atoms with Gasteiger partial charge in [-0.2, -0.15) is 4.68 Å². The van der Waals surface area contributed by atoms with Crippen LogP contribution in [0.15, 0.2) is 11.1 Å². The van der Waals surface area contributed by atoms with E-state index in [4.69, 9.17) is 0 Å². The molecule has 1 amide bonds. The molecule has 0 aliphatic rings. The molecule has 1 aromatic heterocycles.